The average Bonchev–Trinajstić information content (AvgIpc) is 2.74. The van der Waals surface area contributed by atoms with Gasteiger partial charge in [0.05, 0.1) is 10.9 Å². The largest absolute Gasteiger partial charge is 0.344 e. The number of rotatable bonds is 4. The molecule has 0 unspecified atom stereocenters. The molecule has 1 amide bonds. The van der Waals surface area contributed by atoms with Gasteiger partial charge in [-0.2, -0.15) is 0 Å². The van der Waals surface area contributed by atoms with Gasteiger partial charge in [0, 0.05) is 19.8 Å². The normalized spacial score (nSPS) is 10.9. The summed E-state index contributed by atoms with van der Waals surface area (Å²) in [6.45, 7) is 2.75. The van der Waals surface area contributed by atoms with Gasteiger partial charge < -0.3 is 9.47 Å². The second kappa shape index (κ2) is 5.75. The second-order valence-electron chi connectivity index (χ2n) is 4.15. The molecule has 0 spiro atoms. The molecule has 0 saturated heterocycles. The highest BCUT2D eigenvalue weighted by atomic mass is 35.5. The van der Waals surface area contributed by atoms with Crippen molar-refractivity contribution in [1.82, 2.24) is 19.4 Å². The van der Waals surface area contributed by atoms with Gasteiger partial charge in [0.25, 0.3) is 0 Å². The summed E-state index contributed by atoms with van der Waals surface area (Å²) in [4.78, 5) is 22.2. The van der Waals surface area contributed by atoms with Crippen LogP contribution in [0.1, 0.15) is 12.7 Å². The maximum Gasteiger partial charge on any atom is 0.242 e. The van der Waals surface area contributed by atoms with Crippen LogP contribution in [0.2, 0.25) is 5.02 Å². The first-order valence-corrected chi connectivity index (χ1v) is 6.78. The van der Waals surface area contributed by atoms with E-state index in [1.165, 1.54) is 6.20 Å². The van der Waals surface area contributed by atoms with Crippen LogP contribution in [0.3, 0.4) is 0 Å². The molecule has 7 heteroatoms. The van der Waals surface area contributed by atoms with Crippen molar-refractivity contribution in [3.8, 4) is 0 Å². The summed E-state index contributed by atoms with van der Waals surface area (Å²) >= 11 is 11.8. The molecule has 0 bridgehead atoms. The number of likely N-dealkylation sites (N-methyl/N-ethyl adjacent to an activating group) is 1. The molecule has 0 aliphatic heterocycles. The van der Waals surface area contributed by atoms with Crippen LogP contribution in [0.15, 0.2) is 12.3 Å². The van der Waals surface area contributed by atoms with Crippen LogP contribution in [-0.2, 0) is 17.2 Å². The van der Waals surface area contributed by atoms with E-state index < -0.39 is 0 Å². The summed E-state index contributed by atoms with van der Waals surface area (Å²) in [6, 6.07) is 1.71. The molecule has 0 saturated carbocycles. The van der Waals surface area contributed by atoms with E-state index in [9.17, 15) is 4.79 Å². The SMILES string of the molecule is CCN(C)C(=O)Cn1c(CCl)nc2cc(Cl)cnc21. The van der Waals surface area contributed by atoms with E-state index in [0.717, 1.165) is 0 Å². The molecule has 19 heavy (non-hydrogen) atoms. The monoisotopic (exact) mass is 300 g/mol. The smallest absolute Gasteiger partial charge is 0.242 e. The molecular weight excluding hydrogens is 287 g/mol. The Morgan fingerprint density at radius 1 is 1.53 bits per heavy atom. The fraction of sp³-hybridized carbons (Fsp3) is 0.417. The molecule has 0 aliphatic rings. The summed E-state index contributed by atoms with van der Waals surface area (Å²) in [6.07, 6.45) is 1.54. The number of nitrogens with zero attached hydrogens (tertiary/aromatic N) is 4. The number of hydrogen-bond acceptors (Lipinski definition) is 3. The van der Waals surface area contributed by atoms with Crippen LogP contribution >= 0.6 is 23.2 Å². The van der Waals surface area contributed by atoms with Crippen LogP contribution < -0.4 is 0 Å². The lowest BCUT2D eigenvalue weighted by atomic mass is 10.4. The van der Waals surface area contributed by atoms with Crippen LogP contribution in [0.25, 0.3) is 11.2 Å². The van der Waals surface area contributed by atoms with Crippen LogP contribution in [-0.4, -0.2) is 38.9 Å². The minimum Gasteiger partial charge on any atom is -0.344 e. The molecule has 2 aromatic rings. The van der Waals surface area contributed by atoms with E-state index in [-0.39, 0.29) is 18.3 Å². The molecule has 0 fully saturated rings. The Bertz CT molecular complexity index is 611. The van der Waals surface area contributed by atoms with E-state index >= 15 is 0 Å². The van der Waals surface area contributed by atoms with E-state index in [1.807, 2.05) is 6.92 Å². The van der Waals surface area contributed by atoms with Gasteiger partial charge in [-0.1, -0.05) is 11.6 Å². The van der Waals surface area contributed by atoms with Crippen LogP contribution in [0.5, 0.6) is 0 Å². The first-order valence-electron chi connectivity index (χ1n) is 5.87. The summed E-state index contributed by atoms with van der Waals surface area (Å²) in [5, 5.41) is 0.510. The number of halogens is 2. The van der Waals surface area contributed by atoms with Gasteiger partial charge in [0.1, 0.15) is 17.9 Å². The number of carbonyl (C=O) groups excluding carboxylic acids is 1. The molecular formula is C12H14Cl2N4O. The molecule has 0 aromatic carbocycles. The van der Waals surface area contributed by atoms with Gasteiger partial charge in [0.15, 0.2) is 5.65 Å². The lowest BCUT2D eigenvalue weighted by molar-refractivity contribution is -0.130. The van der Waals surface area contributed by atoms with Crippen molar-refractivity contribution >= 4 is 40.3 Å². The molecule has 0 atom stereocenters. The van der Waals surface area contributed by atoms with Crippen molar-refractivity contribution in [3.05, 3.63) is 23.1 Å². The highest BCUT2D eigenvalue weighted by Crippen LogP contribution is 2.19. The molecule has 2 aromatic heterocycles. The number of imidazole rings is 1. The summed E-state index contributed by atoms with van der Waals surface area (Å²) in [5.74, 6) is 0.825. The standard InChI is InChI=1S/C12H14Cl2N4O/c1-3-17(2)11(19)7-18-10(5-13)16-9-4-8(14)6-15-12(9)18/h4,6H,3,5,7H2,1-2H3. The number of hydrogen-bond donors (Lipinski definition) is 0. The summed E-state index contributed by atoms with van der Waals surface area (Å²) < 4.78 is 1.73. The maximum atomic E-state index is 12.0. The lowest BCUT2D eigenvalue weighted by Crippen LogP contribution is -2.30. The fourth-order valence-electron chi connectivity index (χ4n) is 1.73. The molecule has 0 aliphatic carbocycles. The number of pyridine rings is 1. The molecule has 2 heterocycles. The zero-order valence-electron chi connectivity index (χ0n) is 10.7. The predicted octanol–water partition coefficient (Wildman–Crippen LogP) is 2.30. The Kier molecular flexibility index (Phi) is 4.27. The Morgan fingerprint density at radius 3 is 2.89 bits per heavy atom. The van der Waals surface area contributed by atoms with E-state index in [0.29, 0.717) is 28.6 Å². The zero-order valence-corrected chi connectivity index (χ0v) is 12.2. The van der Waals surface area contributed by atoms with E-state index in [1.54, 1.807) is 22.6 Å². The first kappa shape index (κ1) is 14.1. The third-order valence-corrected chi connectivity index (χ3v) is 3.39. The third kappa shape index (κ3) is 2.82. The van der Waals surface area contributed by atoms with Crippen molar-refractivity contribution in [2.75, 3.05) is 13.6 Å². The highest BCUT2D eigenvalue weighted by molar-refractivity contribution is 6.31. The van der Waals surface area contributed by atoms with Crippen LogP contribution in [0.4, 0.5) is 0 Å². The third-order valence-electron chi connectivity index (χ3n) is 2.94. The van der Waals surface area contributed by atoms with Gasteiger partial charge in [0.2, 0.25) is 5.91 Å². The minimum atomic E-state index is -0.00934. The molecule has 5 nitrogen and oxygen atoms in total. The first-order chi connectivity index (χ1) is 9.06. The van der Waals surface area contributed by atoms with Gasteiger partial charge in [-0.15, -0.1) is 11.6 Å². The quantitative estimate of drug-likeness (QED) is 0.814. The topological polar surface area (TPSA) is 51.0 Å². The van der Waals surface area contributed by atoms with Gasteiger partial charge >= 0.3 is 0 Å². The number of amides is 1. The molecule has 102 valence electrons. The van der Waals surface area contributed by atoms with Crippen molar-refractivity contribution < 1.29 is 4.79 Å². The summed E-state index contributed by atoms with van der Waals surface area (Å²) in [5.41, 5.74) is 1.27. The molecule has 0 radical (unpaired) electrons. The minimum absolute atomic E-state index is 0.00934. The molecule has 2 rings (SSSR count). The van der Waals surface area contributed by atoms with E-state index in [2.05, 4.69) is 9.97 Å². The molecule has 0 N–H and O–H groups in total. The zero-order chi connectivity index (χ0) is 14.0. The second-order valence-corrected chi connectivity index (χ2v) is 4.86. The number of aromatic nitrogens is 3. The van der Waals surface area contributed by atoms with Crippen molar-refractivity contribution in [2.45, 2.75) is 19.3 Å². The van der Waals surface area contributed by atoms with Crippen LogP contribution in [0, 0.1) is 0 Å². The Balaban J connectivity index is 2.43. The van der Waals surface area contributed by atoms with Gasteiger partial charge in [-0.3, -0.25) is 4.79 Å². The predicted molar refractivity (Wildman–Crippen MR) is 75.4 cm³/mol. The van der Waals surface area contributed by atoms with Crippen molar-refractivity contribution in [2.24, 2.45) is 0 Å². The number of fused-ring (bicyclic) bond motifs is 1. The van der Waals surface area contributed by atoms with Gasteiger partial charge in [-0.25, -0.2) is 9.97 Å². The van der Waals surface area contributed by atoms with E-state index in [4.69, 9.17) is 23.2 Å². The van der Waals surface area contributed by atoms with Crippen molar-refractivity contribution in [1.29, 1.82) is 0 Å². The fourth-order valence-corrected chi connectivity index (χ4v) is 2.09. The lowest BCUT2D eigenvalue weighted by Gasteiger charge is -2.15. The Morgan fingerprint density at radius 2 is 2.26 bits per heavy atom. The number of carbonyl (C=O) groups is 1. The highest BCUT2D eigenvalue weighted by Gasteiger charge is 2.16. The maximum absolute atomic E-state index is 12.0. The van der Waals surface area contributed by atoms with Gasteiger partial charge in [-0.05, 0) is 13.0 Å². The summed E-state index contributed by atoms with van der Waals surface area (Å²) in [7, 11) is 1.76. The Hall–Kier alpha value is -1.33. The van der Waals surface area contributed by atoms with Crippen molar-refractivity contribution in [3.63, 3.8) is 0 Å². The number of alkyl halides is 1. The Labute approximate surface area is 121 Å². The average molecular weight is 301 g/mol.